The first-order valence-corrected chi connectivity index (χ1v) is 6.94. The summed E-state index contributed by atoms with van der Waals surface area (Å²) in [7, 11) is 0. The third-order valence-corrected chi connectivity index (χ3v) is 3.46. The van der Waals surface area contributed by atoms with Crippen molar-refractivity contribution >= 4 is 12.4 Å². The first-order valence-electron chi connectivity index (χ1n) is 6.94. The number of hydrogen-bond acceptors (Lipinski definition) is 2. The van der Waals surface area contributed by atoms with Crippen LogP contribution in [0.1, 0.15) is 16.7 Å². The molecule has 0 atom stereocenters. The number of aryl methyl sites for hydroxylation is 2. The molecule has 0 saturated heterocycles. The van der Waals surface area contributed by atoms with Crippen LogP contribution < -0.4 is 5.32 Å². The van der Waals surface area contributed by atoms with E-state index in [1.165, 1.54) is 0 Å². The second-order valence-electron chi connectivity index (χ2n) is 5.31. The van der Waals surface area contributed by atoms with E-state index in [-0.39, 0.29) is 17.1 Å². The molecule has 0 aliphatic heterocycles. The van der Waals surface area contributed by atoms with Gasteiger partial charge in [-0.05, 0) is 49.4 Å². The van der Waals surface area contributed by atoms with E-state index >= 15 is 0 Å². The molecule has 0 heterocycles. The minimum Gasteiger partial charge on any atom is -0.341 e. The summed E-state index contributed by atoms with van der Waals surface area (Å²) in [5.74, 6) is 0.195. The lowest BCUT2D eigenvalue weighted by molar-refractivity contribution is -0.137. The van der Waals surface area contributed by atoms with Gasteiger partial charge in [0.15, 0.2) is 0 Å². The molecule has 0 aliphatic rings. The van der Waals surface area contributed by atoms with Gasteiger partial charge in [-0.1, -0.05) is 36.4 Å². The summed E-state index contributed by atoms with van der Waals surface area (Å²) in [5, 5.41) is 2.71. The molecule has 23 heavy (non-hydrogen) atoms. The van der Waals surface area contributed by atoms with Gasteiger partial charge in [-0.2, -0.15) is 13.2 Å². The number of anilines is 1. The third kappa shape index (κ3) is 3.80. The highest BCUT2D eigenvalue weighted by molar-refractivity contribution is 5.75. The highest BCUT2D eigenvalue weighted by Crippen LogP contribution is 2.41. The van der Waals surface area contributed by atoms with Crippen molar-refractivity contribution in [2.24, 2.45) is 4.99 Å². The Kier molecular flexibility index (Phi) is 4.59. The molecular weight excluding hydrogens is 301 g/mol. The van der Waals surface area contributed by atoms with Crippen LogP contribution in [-0.4, -0.2) is 6.72 Å². The van der Waals surface area contributed by atoms with E-state index in [9.17, 15) is 13.2 Å². The largest absolute Gasteiger partial charge is 0.417 e. The molecule has 0 aliphatic carbocycles. The molecule has 2 rings (SSSR count). The van der Waals surface area contributed by atoms with Crippen LogP contribution in [0.3, 0.4) is 0 Å². The molecule has 0 unspecified atom stereocenters. The summed E-state index contributed by atoms with van der Waals surface area (Å²) in [6.07, 6.45) is -4.47. The highest BCUT2D eigenvalue weighted by atomic mass is 19.4. The first kappa shape index (κ1) is 16.8. The molecule has 0 saturated carbocycles. The van der Waals surface area contributed by atoms with Crippen LogP contribution in [0.4, 0.5) is 18.9 Å². The number of rotatable bonds is 4. The van der Waals surface area contributed by atoms with Gasteiger partial charge >= 0.3 is 6.18 Å². The van der Waals surface area contributed by atoms with Crippen LogP contribution >= 0.6 is 0 Å². The van der Waals surface area contributed by atoms with Crippen molar-refractivity contribution < 1.29 is 13.2 Å². The minimum absolute atomic E-state index is 0.181. The average Bonchev–Trinajstić information content (AvgIpc) is 2.47. The van der Waals surface area contributed by atoms with Crippen LogP contribution in [0, 0.1) is 13.8 Å². The molecule has 120 valence electrons. The number of halogens is 3. The molecule has 0 spiro atoms. The SMILES string of the molecule is C=NC(=C)Nc1cc(C)c(-c2ccc(C)cc2)c(C(F)(F)F)c1. The Balaban J connectivity index is 2.63. The maximum atomic E-state index is 13.5. The fourth-order valence-electron chi connectivity index (χ4n) is 2.39. The monoisotopic (exact) mass is 318 g/mol. The number of benzene rings is 2. The van der Waals surface area contributed by atoms with E-state index in [0.29, 0.717) is 11.1 Å². The van der Waals surface area contributed by atoms with Crippen LogP contribution in [0.5, 0.6) is 0 Å². The molecule has 5 heteroatoms. The first-order chi connectivity index (χ1) is 10.7. The van der Waals surface area contributed by atoms with Gasteiger partial charge in [-0.25, -0.2) is 4.99 Å². The summed E-state index contributed by atoms with van der Waals surface area (Å²) in [6, 6.07) is 9.70. The Morgan fingerprint density at radius 2 is 1.70 bits per heavy atom. The van der Waals surface area contributed by atoms with Crippen molar-refractivity contribution in [3.05, 3.63) is 65.5 Å². The van der Waals surface area contributed by atoms with E-state index in [0.717, 1.165) is 11.6 Å². The van der Waals surface area contributed by atoms with Gasteiger partial charge in [0, 0.05) is 5.69 Å². The average molecular weight is 318 g/mol. The molecule has 0 aromatic heterocycles. The van der Waals surface area contributed by atoms with Gasteiger partial charge in [0.25, 0.3) is 0 Å². The van der Waals surface area contributed by atoms with Gasteiger partial charge in [0.05, 0.1) is 5.56 Å². The molecule has 1 N–H and O–H groups in total. The molecular formula is C18H17F3N2. The van der Waals surface area contributed by atoms with Gasteiger partial charge < -0.3 is 5.32 Å². The summed E-state index contributed by atoms with van der Waals surface area (Å²) < 4.78 is 40.5. The number of hydrogen-bond donors (Lipinski definition) is 1. The molecule has 2 nitrogen and oxygen atoms in total. The zero-order chi connectivity index (χ0) is 17.2. The van der Waals surface area contributed by atoms with Crippen molar-refractivity contribution in [2.45, 2.75) is 20.0 Å². The number of nitrogens with one attached hydrogen (secondary N) is 1. The lowest BCUT2D eigenvalue weighted by Crippen LogP contribution is -2.10. The van der Waals surface area contributed by atoms with Crippen LogP contribution in [0.15, 0.2) is 53.8 Å². The van der Waals surface area contributed by atoms with E-state index < -0.39 is 11.7 Å². The number of nitrogens with zero attached hydrogens (tertiary/aromatic N) is 1. The quantitative estimate of drug-likeness (QED) is 0.732. The molecule has 2 aromatic rings. The maximum Gasteiger partial charge on any atom is 0.417 e. The second kappa shape index (κ2) is 6.28. The minimum atomic E-state index is -4.47. The van der Waals surface area contributed by atoms with E-state index in [1.54, 1.807) is 37.3 Å². The van der Waals surface area contributed by atoms with Gasteiger partial charge in [-0.3, -0.25) is 0 Å². The summed E-state index contributed by atoms with van der Waals surface area (Å²) in [4.78, 5) is 3.56. The smallest absolute Gasteiger partial charge is 0.341 e. The number of alkyl halides is 3. The van der Waals surface area contributed by atoms with Crippen LogP contribution in [-0.2, 0) is 6.18 Å². The fraction of sp³-hybridized carbons (Fsp3) is 0.167. The Hall–Kier alpha value is -2.56. The van der Waals surface area contributed by atoms with Crippen molar-refractivity contribution in [3.63, 3.8) is 0 Å². The van der Waals surface area contributed by atoms with Gasteiger partial charge in [0.2, 0.25) is 0 Å². The standard InChI is InChI=1S/C18H17F3N2/c1-11-5-7-14(8-6-11)17-12(2)9-15(23-13(3)22-4)10-16(17)18(19,20)21/h5-10,23H,3-4H2,1-2H3. The normalized spacial score (nSPS) is 11.2. The topological polar surface area (TPSA) is 24.4 Å². The Morgan fingerprint density at radius 1 is 1.09 bits per heavy atom. The number of aliphatic imine (C=N–C) groups is 1. The van der Waals surface area contributed by atoms with Crippen molar-refractivity contribution in [3.8, 4) is 11.1 Å². The summed E-state index contributed by atoms with van der Waals surface area (Å²) in [6.45, 7) is 10.4. The van der Waals surface area contributed by atoms with Crippen LogP contribution in [0.2, 0.25) is 0 Å². The third-order valence-electron chi connectivity index (χ3n) is 3.46. The maximum absolute atomic E-state index is 13.5. The predicted molar refractivity (Wildman–Crippen MR) is 88.7 cm³/mol. The predicted octanol–water partition coefficient (Wildman–Crippen LogP) is 5.57. The second-order valence-corrected chi connectivity index (χ2v) is 5.31. The zero-order valence-corrected chi connectivity index (χ0v) is 13.0. The molecule has 0 bridgehead atoms. The molecule has 2 aromatic carbocycles. The Bertz CT molecular complexity index is 744. The Labute approximate surface area is 133 Å². The molecule has 0 amide bonds. The summed E-state index contributed by atoms with van der Waals surface area (Å²) in [5.41, 5.74) is 1.81. The Morgan fingerprint density at radius 3 is 2.22 bits per heavy atom. The van der Waals surface area contributed by atoms with Crippen molar-refractivity contribution in [1.82, 2.24) is 0 Å². The van der Waals surface area contributed by atoms with Crippen molar-refractivity contribution in [1.29, 1.82) is 0 Å². The fourth-order valence-corrected chi connectivity index (χ4v) is 2.39. The van der Waals surface area contributed by atoms with Crippen LogP contribution in [0.25, 0.3) is 11.1 Å². The highest BCUT2D eigenvalue weighted by Gasteiger charge is 2.35. The zero-order valence-electron chi connectivity index (χ0n) is 13.0. The lowest BCUT2D eigenvalue weighted by atomic mass is 9.93. The van der Waals surface area contributed by atoms with Gasteiger partial charge in [0.1, 0.15) is 5.82 Å². The molecule has 0 radical (unpaired) electrons. The lowest BCUT2D eigenvalue weighted by Gasteiger charge is -2.18. The molecule has 0 fully saturated rings. The van der Waals surface area contributed by atoms with E-state index in [2.05, 4.69) is 23.6 Å². The van der Waals surface area contributed by atoms with Crippen molar-refractivity contribution in [2.75, 3.05) is 5.32 Å². The summed E-state index contributed by atoms with van der Waals surface area (Å²) >= 11 is 0. The van der Waals surface area contributed by atoms with Gasteiger partial charge in [-0.15, -0.1) is 0 Å². The van der Waals surface area contributed by atoms with E-state index in [4.69, 9.17) is 0 Å². The van der Waals surface area contributed by atoms with E-state index in [1.807, 2.05) is 6.92 Å².